The molecule has 9 atom stereocenters. The monoisotopic (exact) mass is 447 g/mol. The molecule has 1 aromatic heterocycles. The van der Waals surface area contributed by atoms with Crippen molar-refractivity contribution >= 4 is 22.3 Å². The SMILES string of the molecule is C=C1O[C@@H]2[C@H]1CC[C@H]1C3c4nc(NC(C)C)sc4C[C@H](C)[C@@]3(N)[C@H](O)[C@H](O)C21C(C)=O. The fourth-order valence-electron chi connectivity index (χ4n) is 7.09. The number of fused-ring (bicyclic) bond motifs is 7. The van der Waals surface area contributed by atoms with Gasteiger partial charge < -0.3 is 26.0 Å². The van der Waals surface area contributed by atoms with Crippen LogP contribution in [-0.2, 0) is 16.0 Å². The van der Waals surface area contributed by atoms with Gasteiger partial charge in [-0.15, -0.1) is 11.3 Å². The first-order valence-corrected chi connectivity index (χ1v) is 12.1. The molecule has 3 aliphatic carbocycles. The smallest absolute Gasteiger partial charge is 0.183 e. The Labute approximate surface area is 187 Å². The van der Waals surface area contributed by atoms with Crippen LogP contribution in [0.2, 0.25) is 0 Å². The van der Waals surface area contributed by atoms with E-state index in [0.717, 1.165) is 22.1 Å². The van der Waals surface area contributed by atoms with Crippen LogP contribution in [0.1, 0.15) is 57.0 Å². The van der Waals surface area contributed by atoms with Crippen molar-refractivity contribution in [3.8, 4) is 0 Å². The fourth-order valence-corrected chi connectivity index (χ4v) is 8.37. The first-order chi connectivity index (χ1) is 14.5. The van der Waals surface area contributed by atoms with Crippen LogP contribution in [-0.4, -0.2) is 50.9 Å². The van der Waals surface area contributed by atoms with Gasteiger partial charge in [0.15, 0.2) is 5.13 Å². The molecule has 170 valence electrons. The number of aliphatic hydroxyl groups is 2. The molecule has 2 heterocycles. The summed E-state index contributed by atoms with van der Waals surface area (Å²) < 4.78 is 5.92. The van der Waals surface area contributed by atoms with Crippen molar-refractivity contribution in [1.82, 2.24) is 4.98 Å². The summed E-state index contributed by atoms with van der Waals surface area (Å²) >= 11 is 1.63. The van der Waals surface area contributed by atoms with E-state index in [4.69, 9.17) is 15.5 Å². The Morgan fingerprint density at radius 1 is 1.35 bits per heavy atom. The predicted octanol–water partition coefficient (Wildman–Crippen LogP) is 2.19. The zero-order valence-corrected chi connectivity index (χ0v) is 19.4. The van der Waals surface area contributed by atoms with Gasteiger partial charge in [0, 0.05) is 16.8 Å². The van der Waals surface area contributed by atoms with Gasteiger partial charge >= 0.3 is 0 Å². The van der Waals surface area contributed by atoms with E-state index in [-0.39, 0.29) is 35.5 Å². The number of nitrogens with two attached hydrogens (primary N) is 1. The van der Waals surface area contributed by atoms with E-state index in [1.807, 2.05) is 6.92 Å². The number of carbonyl (C=O) groups excluding carboxylic acids is 1. The van der Waals surface area contributed by atoms with E-state index >= 15 is 0 Å². The molecule has 1 saturated heterocycles. The summed E-state index contributed by atoms with van der Waals surface area (Å²) in [6.07, 6.45) is -0.759. The van der Waals surface area contributed by atoms with Crippen molar-refractivity contribution in [3.63, 3.8) is 0 Å². The number of hydrogen-bond donors (Lipinski definition) is 4. The van der Waals surface area contributed by atoms with Crippen molar-refractivity contribution < 1.29 is 19.7 Å². The van der Waals surface area contributed by atoms with Gasteiger partial charge in [0.1, 0.15) is 11.9 Å². The zero-order valence-electron chi connectivity index (χ0n) is 18.6. The lowest BCUT2D eigenvalue weighted by atomic mass is 9.41. The molecular weight excluding hydrogens is 414 g/mol. The Hall–Kier alpha value is -1.48. The van der Waals surface area contributed by atoms with Gasteiger partial charge in [0.2, 0.25) is 0 Å². The maximum absolute atomic E-state index is 13.3. The Balaban J connectivity index is 1.69. The second-order valence-electron chi connectivity index (χ2n) is 10.4. The molecule has 3 fully saturated rings. The van der Waals surface area contributed by atoms with Crippen molar-refractivity contribution in [3.05, 3.63) is 22.9 Å². The van der Waals surface area contributed by atoms with Crippen molar-refractivity contribution in [2.24, 2.45) is 28.9 Å². The van der Waals surface area contributed by atoms with Crippen LogP contribution >= 0.6 is 11.3 Å². The van der Waals surface area contributed by atoms with E-state index in [2.05, 4.69) is 25.7 Å². The van der Waals surface area contributed by atoms with Gasteiger partial charge in [0.05, 0.1) is 40.5 Å². The van der Waals surface area contributed by atoms with E-state index in [1.54, 1.807) is 11.3 Å². The number of nitrogens with one attached hydrogen (secondary N) is 1. The molecule has 2 saturated carbocycles. The zero-order chi connectivity index (χ0) is 22.5. The molecule has 1 aliphatic heterocycles. The Bertz CT molecular complexity index is 947. The van der Waals surface area contributed by atoms with E-state index in [0.29, 0.717) is 18.6 Å². The van der Waals surface area contributed by atoms with Gasteiger partial charge in [0.25, 0.3) is 0 Å². The Kier molecular flexibility index (Phi) is 4.66. The van der Waals surface area contributed by atoms with Crippen LogP contribution < -0.4 is 11.1 Å². The number of hydrogen-bond acceptors (Lipinski definition) is 8. The number of anilines is 1. The lowest BCUT2D eigenvalue weighted by Gasteiger charge is -2.67. The van der Waals surface area contributed by atoms with Gasteiger partial charge in [-0.05, 0) is 51.9 Å². The number of carbonyl (C=O) groups is 1. The number of nitrogens with zero attached hydrogens (tertiary/aromatic N) is 1. The van der Waals surface area contributed by atoms with Crippen molar-refractivity contribution in [2.45, 2.75) is 82.8 Å². The summed E-state index contributed by atoms with van der Waals surface area (Å²) in [6.45, 7) is 11.7. The van der Waals surface area contributed by atoms with Crippen molar-refractivity contribution in [2.75, 3.05) is 5.32 Å². The molecule has 4 aliphatic rings. The minimum absolute atomic E-state index is 0.0290. The number of ketones is 1. The fraction of sp³-hybridized carbons (Fsp3) is 0.739. The summed E-state index contributed by atoms with van der Waals surface area (Å²) in [4.78, 5) is 19.4. The maximum Gasteiger partial charge on any atom is 0.183 e. The molecule has 5 N–H and O–H groups in total. The summed E-state index contributed by atoms with van der Waals surface area (Å²) in [5.74, 6) is -0.0959. The molecule has 0 amide bonds. The molecule has 0 spiro atoms. The lowest BCUT2D eigenvalue weighted by Crippen LogP contribution is -2.80. The van der Waals surface area contributed by atoms with E-state index in [1.165, 1.54) is 6.92 Å². The van der Waals surface area contributed by atoms with E-state index < -0.39 is 29.3 Å². The largest absolute Gasteiger partial charge is 0.493 e. The second kappa shape index (κ2) is 6.76. The predicted molar refractivity (Wildman–Crippen MR) is 119 cm³/mol. The van der Waals surface area contributed by atoms with Crippen LogP contribution in [0.3, 0.4) is 0 Å². The average Bonchev–Trinajstić information content (AvgIpc) is 3.06. The van der Waals surface area contributed by atoms with Gasteiger partial charge in [-0.25, -0.2) is 4.98 Å². The summed E-state index contributed by atoms with van der Waals surface area (Å²) in [5.41, 5.74) is 5.63. The van der Waals surface area contributed by atoms with Gasteiger partial charge in [-0.3, -0.25) is 4.79 Å². The minimum Gasteiger partial charge on any atom is -0.493 e. The molecule has 2 unspecified atom stereocenters. The van der Waals surface area contributed by atoms with Crippen LogP contribution in [0, 0.1) is 23.2 Å². The highest BCUT2D eigenvalue weighted by Crippen LogP contribution is 2.66. The van der Waals surface area contributed by atoms with Gasteiger partial charge in [-0.2, -0.15) is 0 Å². The molecule has 8 heteroatoms. The summed E-state index contributed by atoms with van der Waals surface area (Å²) in [5, 5.41) is 27.2. The highest BCUT2D eigenvalue weighted by atomic mass is 32.1. The van der Waals surface area contributed by atoms with Crippen LogP contribution in [0.4, 0.5) is 5.13 Å². The molecule has 7 nitrogen and oxygen atoms in total. The number of rotatable bonds is 3. The third-order valence-corrected chi connectivity index (χ3v) is 9.59. The quantitative estimate of drug-likeness (QED) is 0.561. The number of thiazole rings is 1. The normalized spacial score (nSPS) is 45.5. The first-order valence-electron chi connectivity index (χ1n) is 11.3. The third kappa shape index (κ3) is 2.50. The second-order valence-corrected chi connectivity index (χ2v) is 11.5. The Morgan fingerprint density at radius 3 is 2.68 bits per heavy atom. The molecule has 31 heavy (non-hydrogen) atoms. The molecule has 0 aromatic carbocycles. The molecule has 5 rings (SSSR count). The summed E-state index contributed by atoms with van der Waals surface area (Å²) in [6, 6.07) is 0.243. The standard InChI is InChI=1S/C23H33N3O4S/c1-9(2)25-21-26-17-15(31-21)8-10(3)23(24)16(17)14-7-6-13-11(4)30-20(13)22(14,12(5)27)18(28)19(23)29/h9-10,13-14,16,18-20,28-29H,4,6-8,24H2,1-3,5H3,(H,25,26)/t10-,13-,14-,16?,18-,19+,20+,22?,23-/m0/s1. The maximum atomic E-state index is 13.3. The van der Waals surface area contributed by atoms with Crippen molar-refractivity contribution in [1.29, 1.82) is 0 Å². The number of ether oxygens (including phenoxy) is 1. The van der Waals surface area contributed by atoms with Crippen LogP contribution in [0.15, 0.2) is 12.3 Å². The topological polar surface area (TPSA) is 118 Å². The minimum atomic E-state index is -1.28. The average molecular weight is 448 g/mol. The third-order valence-electron chi connectivity index (χ3n) is 8.56. The Morgan fingerprint density at radius 2 is 2.06 bits per heavy atom. The highest BCUT2D eigenvalue weighted by molar-refractivity contribution is 7.15. The van der Waals surface area contributed by atoms with Crippen LogP contribution in [0.5, 0.6) is 0 Å². The highest BCUT2D eigenvalue weighted by Gasteiger charge is 2.75. The molecular formula is C23H33N3O4S. The number of aliphatic hydroxyl groups excluding tert-OH is 2. The van der Waals surface area contributed by atoms with Gasteiger partial charge in [-0.1, -0.05) is 13.5 Å². The van der Waals surface area contributed by atoms with E-state index in [9.17, 15) is 15.0 Å². The molecule has 1 aromatic rings. The molecule has 0 radical (unpaired) electrons. The van der Waals surface area contributed by atoms with Crippen LogP contribution in [0.25, 0.3) is 0 Å². The molecule has 0 bridgehead atoms. The first kappa shape index (κ1) is 21.4. The number of aromatic nitrogens is 1. The summed E-state index contributed by atoms with van der Waals surface area (Å²) in [7, 11) is 0. The lowest BCUT2D eigenvalue weighted by molar-refractivity contribution is -0.259. The number of Topliss-reactive ketones (excluding diaryl/α,β-unsaturated/α-hetero) is 1.